The molecule has 3 rings (SSSR count). The first kappa shape index (κ1) is 16.6. The maximum atomic E-state index is 13.0. The number of rotatable bonds is 3. The smallest absolute Gasteiger partial charge is 0.259 e. The molecule has 0 spiro atoms. The minimum atomic E-state index is -0.108. The lowest BCUT2D eigenvalue weighted by atomic mass is 10.1. The third-order valence-corrected chi connectivity index (χ3v) is 5.15. The van der Waals surface area contributed by atoms with Crippen LogP contribution in [-0.4, -0.2) is 37.4 Å². The lowest BCUT2D eigenvalue weighted by Crippen LogP contribution is -2.30. The van der Waals surface area contributed by atoms with Crippen LogP contribution < -0.4 is 0 Å². The van der Waals surface area contributed by atoms with Gasteiger partial charge < -0.3 is 4.90 Å². The molecule has 7 heteroatoms. The Balaban J connectivity index is 1.98. The number of aryl methyl sites for hydroxylation is 4. The van der Waals surface area contributed by atoms with E-state index in [-0.39, 0.29) is 11.9 Å². The number of fused-ring (bicyclic) bond motifs is 1. The Morgan fingerprint density at radius 3 is 2.58 bits per heavy atom. The van der Waals surface area contributed by atoms with Crippen LogP contribution in [0.4, 0.5) is 0 Å². The molecule has 0 saturated heterocycles. The first-order valence-corrected chi connectivity index (χ1v) is 8.64. The van der Waals surface area contributed by atoms with Crippen LogP contribution in [0, 0.1) is 27.7 Å². The fraction of sp³-hybridized carbons (Fsp3) is 0.412. The van der Waals surface area contributed by atoms with Gasteiger partial charge in [-0.3, -0.25) is 4.79 Å². The van der Waals surface area contributed by atoms with Crippen molar-refractivity contribution in [2.45, 2.75) is 40.7 Å². The van der Waals surface area contributed by atoms with Gasteiger partial charge in [-0.2, -0.15) is 5.10 Å². The van der Waals surface area contributed by atoms with E-state index in [1.165, 1.54) is 0 Å². The third-order valence-electron chi connectivity index (χ3n) is 4.24. The lowest BCUT2D eigenvalue weighted by molar-refractivity contribution is 0.0741. The van der Waals surface area contributed by atoms with Crippen molar-refractivity contribution >= 4 is 22.9 Å². The number of amides is 1. The van der Waals surface area contributed by atoms with Crippen LogP contribution in [0.25, 0.3) is 5.65 Å². The average molecular weight is 343 g/mol. The maximum absolute atomic E-state index is 13.0. The summed E-state index contributed by atoms with van der Waals surface area (Å²) in [6, 6.07) is 1.84. The molecule has 0 fully saturated rings. The molecule has 3 aromatic heterocycles. The fourth-order valence-electron chi connectivity index (χ4n) is 2.90. The van der Waals surface area contributed by atoms with Gasteiger partial charge in [0.1, 0.15) is 5.56 Å². The molecule has 0 saturated carbocycles. The number of hydrogen-bond acceptors (Lipinski definition) is 5. The van der Waals surface area contributed by atoms with Crippen molar-refractivity contribution < 1.29 is 4.79 Å². The SMILES string of the molecule is Cc1cc(C)n2ncc(C(=O)N(C)[C@H](C)c3nc(C)sc3C)c2n1. The van der Waals surface area contributed by atoms with Gasteiger partial charge in [0.05, 0.1) is 22.9 Å². The fourth-order valence-corrected chi connectivity index (χ4v) is 3.81. The van der Waals surface area contributed by atoms with E-state index >= 15 is 0 Å². The van der Waals surface area contributed by atoms with Crippen LogP contribution in [0.15, 0.2) is 12.3 Å². The molecule has 0 radical (unpaired) electrons. The summed E-state index contributed by atoms with van der Waals surface area (Å²) in [5.74, 6) is -0.0972. The minimum absolute atomic E-state index is 0.0972. The Morgan fingerprint density at radius 2 is 1.96 bits per heavy atom. The van der Waals surface area contributed by atoms with E-state index in [1.807, 2.05) is 40.7 Å². The van der Waals surface area contributed by atoms with Gasteiger partial charge in [0.25, 0.3) is 5.91 Å². The normalized spacial score (nSPS) is 12.6. The summed E-state index contributed by atoms with van der Waals surface area (Å²) in [7, 11) is 1.80. The van der Waals surface area contributed by atoms with Crippen LogP contribution >= 0.6 is 11.3 Å². The number of carbonyl (C=O) groups is 1. The summed E-state index contributed by atoms with van der Waals surface area (Å²) in [5.41, 5.74) is 3.89. The van der Waals surface area contributed by atoms with Gasteiger partial charge in [0.15, 0.2) is 5.65 Å². The highest BCUT2D eigenvalue weighted by molar-refractivity contribution is 7.11. The molecule has 126 valence electrons. The van der Waals surface area contributed by atoms with Crippen LogP contribution in [-0.2, 0) is 0 Å². The first-order chi connectivity index (χ1) is 11.3. The summed E-state index contributed by atoms with van der Waals surface area (Å²) in [6.45, 7) is 9.89. The molecule has 0 aliphatic rings. The summed E-state index contributed by atoms with van der Waals surface area (Å²) >= 11 is 1.65. The summed E-state index contributed by atoms with van der Waals surface area (Å²) < 4.78 is 1.71. The Bertz CT molecular complexity index is 927. The van der Waals surface area contributed by atoms with Crippen molar-refractivity contribution in [1.29, 1.82) is 0 Å². The van der Waals surface area contributed by atoms with Crippen molar-refractivity contribution in [3.63, 3.8) is 0 Å². The molecular weight excluding hydrogens is 322 g/mol. The molecule has 0 bridgehead atoms. The number of nitrogens with zero attached hydrogens (tertiary/aromatic N) is 5. The second-order valence-corrected chi connectivity index (χ2v) is 7.51. The van der Waals surface area contributed by atoms with E-state index in [2.05, 4.69) is 15.1 Å². The van der Waals surface area contributed by atoms with E-state index in [1.54, 1.807) is 34.0 Å². The van der Waals surface area contributed by atoms with Crippen molar-refractivity contribution in [1.82, 2.24) is 24.5 Å². The molecule has 0 aliphatic heterocycles. The molecule has 3 heterocycles. The summed E-state index contributed by atoms with van der Waals surface area (Å²) in [6.07, 6.45) is 1.60. The molecule has 1 amide bonds. The Morgan fingerprint density at radius 1 is 1.25 bits per heavy atom. The highest BCUT2D eigenvalue weighted by Crippen LogP contribution is 2.27. The molecular formula is C17H21N5OS. The average Bonchev–Trinajstić information content (AvgIpc) is 3.08. The van der Waals surface area contributed by atoms with E-state index in [0.29, 0.717) is 11.2 Å². The second-order valence-electron chi connectivity index (χ2n) is 6.10. The topological polar surface area (TPSA) is 63.4 Å². The standard InChI is InChI=1S/C17H21N5OS/c1-9-7-10(2)22-16(19-9)14(8-18-22)17(23)21(6)11(3)15-12(4)24-13(5)20-15/h7-8,11H,1-6H3/t11-/m1/s1. The van der Waals surface area contributed by atoms with Gasteiger partial charge in [0, 0.05) is 23.3 Å². The molecule has 6 nitrogen and oxygen atoms in total. The molecule has 0 N–H and O–H groups in total. The minimum Gasteiger partial charge on any atom is -0.333 e. The predicted molar refractivity (Wildman–Crippen MR) is 94.6 cm³/mol. The largest absolute Gasteiger partial charge is 0.333 e. The van der Waals surface area contributed by atoms with E-state index in [9.17, 15) is 4.79 Å². The van der Waals surface area contributed by atoms with Gasteiger partial charge in [-0.1, -0.05) is 0 Å². The second kappa shape index (κ2) is 5.98. The molecule has 0 aliphatic carbocycles. The number of aromatic nitrogens is 4. The molecule has 0 unspecified atom stereocenters. The third kappa shape index (κ3) is 2.69. The molecule has 3 aromatic rings. The van der Waals surface area contributed by atoms with Crippen molar-refractivity contribution in [3.8, 4) is 0 Å². The number of thiazole rings is 1. The highest BCUT2D eigenvalue weighted by Gasteiger charge is 2.25. The summed E-state index contributed by atoms with van der Waals surface area (Å²) in [5, 5.41) is 5.32. The zero-order chi connectivity index (χ0) is 17.6. The zero-order valence-corrected chi connectivity index (χ0v) is 15.6. The lowest BCUT2D eigenvalue weighted by Gasteiger charge is -2.23. The van der Waals surface area contributed by atoms with Crippen LogP contribution in [0.3, 0.4) is 0 Å². The van der Waals surface area contributed by atoms with Gasteiger partial charge in [-0.25, -0.2) is 14.5 Å². The van der Waals surface area contributed by atoms with Gasteiger partial charge in [-0.05, 0) is 40.7 Å². The van der Waals surface area contributed by atoms with Gasteiger partial charge in [-0.15, -0.1) is 11.3 Å². The number of carbonyl (C=O) groups excluding carboxylic acids is 1. The van der Waals surface area contributed by atoms with Crippen LogP contribution in [0.5, 0.6) is 0 Å². The summed E-state index contributed by atoms with van der Waals surface area (Å²) in [4.78, 5) is 24.9. The zero-order valence-electron chi connectivity index (χ0n) is 14.8. The molecule has 0 aromatic carbocycles. The predicted octanol–water partition coefficient (Wildman–Crippen LogP) is 3.25. The molecule has 1 atom stereocenters. The Kier molecular flexibility index (Phi) is 4.13. The van der Waals surface area contributed by atoms with Crippen LogP contribution in [0.2, 0.25) is 0 Å². The van der Waals surface area contributed by atoms with Gasteiger partial charge >= 0.3 is 0 Å². The van der Waals surface area contributed by atoms with E-state index < -0.39 is 0 Å². The highest BCUT2D eigenvalue weighted by atomic mass is 32.1. The van der Waals surface area contributed by atoms with Crippen molar-refractivity contribution in [2.24, 2.45) is 0 Å². The first-order valence-electron chi connectivity index (χ1n) is 7.82. The van der Waals surface area contributed by atoms with Crippen molar-refractivity contribution in [3.05, 3.63) is 44.8 Å². The molecule has 24 heavy (non-hydrogen) atoms. The van der Waals surface area contributed by atoms with Crippen LogP contribution in [0.1, 0.15) is 50.3 Å². The quantitative estimate of drug-likeness (QED) is 0.732. The Labute approximate surface area is 145 Å². The van der Waals surface area contributed by atoms with E-state index in [4.69, 9.17) is 0 Å². The number of hydrogen-bond donors (Lipinski definition) is 0. The maximum Gasteiger partial charge on any atom is 0.259 e. The monoisotopic (exact) mass is 343 g/mol. The van der Waals surface area contributed by atoms with Gasteiger partial charge in [0.2, 0.25) is 0 Å². The van der Waals surface area contributed by atoms with E-state index in [0.717, 1.165) is 27.0 Å². The van der Waals surface area contributed by atoms with Crippen molar-refractivity contribution in [2.75, 3.05) is 7.05 Å². The Hall–Kier alpha value is -2.28.